The highest BCUT2D eigenvalue weighted by atomic mass is 16.2. The third-order valence-electron chi connectivity index (χ3n) is 1.31. The van der Waals surface area contributed by atoms with Crippen LogP contribution >= 0.6 is 0 Å². The van der Waals surface area contributed by atoms with Crippen LogP contribution in [0, 0.1) is 0 Å². The molecule has 6 nitrogen and oxygen atoms in total. The Morgan fingerprint density at radius 1 is 1.33 bits per heavy atom. The molecule has 0 aromatic rings. The Kier molecular flexibility index (Phi) is 3.89. The average Bonchev–Trinajstić information content (AvgIpc) is 1.98. The highest BCUT2D eigenvalue weighted by Crippen LogP contribution is 1.96. The lowest BCUT2D eigenvalue weighted by atomic mass is 10.4. The number of carbonyl (C=O) groups is 2. The molecular weight excluding hydrogens is 160 g/mol. The second-order valence-electron chi connectivity index (χ2n) is 2.53. The van der Waals surface area contributed by atoms with Gasteiger partial charge in [0.2, 0.25) is 0 Å². The van der Waals surface area contributed by atoms with Gasteiger partial charge in [-0.2, -0.15) is 0 Å². The predicted octanol–water partition coefficient (Wildman–Crippen LogP) is 0.978. The number of urea groups is 2. The summed E-state index contributed by atoms with van der Waals surface area (Å²) >= 11 is 0. The van der Waals surface area contributed by atoms with Gasteiger partial charge in [-0.1, -0.05) is 10.2 Å². The molecule has 0 radical (unpaired) electrons. The molecule has 0 unspecified atom stereocenters. The van der Waals surface area contributed by atoms with Gasteiger partial charge in [0.25, 0.3) is 0 Å². The van der Waals surface area contributed by atoms with Crippen LogP contribution in [-0.2, 0) is 0 Å². The van der Waals surface area contributed by atoms with Crippen molar-refractivity contribution in [3.8, 4) is 0 Å². The van der Waals surface area contributed by atoms with Gasteiger partial charge in [-0.25, -0.2) is 9.59 Å². The van der Waals surface area contributed by atoms with Crippen molar-refractivity contribution in [2.75, 3.05) is 7.05 Å². The summed E-state index contributed by atoms with van der Waals surface area (Å²) in [6, 6.07) is -1.53. The fourth-order valence-electron chi connectivity index (χ4n) is 0.383. The lowest BCUT2D eigenvalue weighted by molar-refractivity contribution is 0.205. The van der Waals surface area contributed by atoms with E-state index < -0.39 is 12.1 Å². The summed E-state index contributed by atoms with van der Waals surface area (Å²) in [6.07, 6.45) is 0. The number of hydrogen-bond donors (Lipinski definition) is 1. The highest BCUT2D eigenvalue weighted by Gasteiger charge is 2.10. The zero-order chi connectivity index (χ0) is 9.72. The minimum atomic E-state index is -0.972. The van der Waals surface area contributed by atoms with Crippen LogP contribution in [0.1, 0.15) is 13.8 Å². The molecule has 0 aliphatic carbocycles. The lowest BCUT2D eigenvalue weighted by Gasteiger charge is -2.17. The zero-order valence-electron chi connectivity index (χ0n) is 7.31. The van der Waals surface area contributed by atoms with Crippen LogP contribution in [-0.4, -0.2) is 30.1 Å². The minimum Gasteiger partial charge on any atom is -0.348 e. The van der Waals surface area contributed by atoms with E-state index in [1.54, 1.807) is 7.05 Å². The van der Waals surface area contributed by atoms with Gasteiger partial charge in [-0.3, -0.25) is 0 Å². The van der Waals surface area contributed by atoms with E-state index in [1.807, 2.05) is 13.8 Å². The first-order valence-electron chi connectivity index (χ1n) is 3.43. The van der Waals surface area contributed by atoms with Crippen molar-refractivity contribution >= 4 is 12.1 Å². The Balaban J connectivity index is 4.13. The molecule has 0 heterocycles. The molecule has 2 N–H and O–H groups in total. The summed E-state index contributed by atoms with van der Waals surface area (Å²) in [7, 11) is 1.56. The smallest absolute Gasteiger partial charge is 0.348 e. The van der Waals surface area contributed by atoms with Crippen LogP contribution in [0.2, 0.25) is 0 Å². The van der Waals surface area contributed by atoms with E-state index >= 15 is 0 Å². The molecule has 0 atom stereocenters. The van der Waals surface area contributed by atoms with E-state index in [1.165, 1.54) is 4.90 Å². The van der Waals surface area contributed by atoms with Crippen LogP contribution in [0.3, 0.4) is 0 Å². The molecular formula is C6H12N4O2. The Morgan fingerprint density at radius 2 is 1.83 bits per heavy atom. The fraction of sp³-hybridized carbons (Fsp3) is 0.667. The average molecular weight is 172 g/mol. The second kappa shape index (κ2) is 4.42. The number of hydrogen-bond acceptors (Lipinski definition) is 2. The summed E-state index contributed by atoms with van der Waals surface area (Å²) in [5, 5.41) is 5.98. The fourth-order valence-corrected chi connectivity index (χ4v) is 0.383. The first-order chi connectivity index (χ1) is 5.45. The van der Waals surface area contributed by atoms with Crippen molar-refractivity contribution in [3.05, 3.63) is 0 Å². The SMILES string of the molecule is CC(C)N(C)C(=O)N=NC(N)=O. The third-order valence-corrected chi connectivity index (χ3v) is 1.31. The molecule has 68 valence electrons. The van der Waals surface area contributed by atoms with Gasteiger partial charge in [0.1, 0.15) is 0 Å². The van der Waals surface area contributed by atoms with Crippen molar-refractivity contribution in [1.29, 1.82) is 0 Å². The van der Waals surface area contributed by atoms with E-state index in [4.69, 9.17) is 0 Å². The van der Waals surface area contributed by atoms with Gasteiger partial charge in [0.15, 0.2) is 0 Å². The molecule has 0 rings (SSSR count). The summed E-state index contributed by atoms with van der Waals surface area (Å²) < 4.78 is 0. The monoisotopic (exact) mass is 172 g/mol. The highest BCUT2D eigenvalue weighted by molar-refractivity contribution is 5.78. The van der Waals surface area contributed by atoms with E-state index in [-0.39, 0.29) is 6.04 Å². The largest absolute Gasteiger partial charge is 0.362 e. The van der Waals surface area contributed by atoms with Crippen molar-refractivity contribution in [2.45, 2.75) is 19.9 Å². The molecule has 0 aromatic carbocycles. The van der Waals surface area contributed by atoms with Gasteiger partial charge in [-0.05, 0) is 13.8 Å². The normalized spacial score (nSPS) is 10.7. The zero-order valence-corrected chi connectivity index (χ0v) is 7.31. The Hall–Kier alpha value is -1.46. The number of nitrogens with two attached hydrogens (primary N) is 1. The first kappa shape index (κ1) is 10.5. The summed E-state index contributed by atoms with van der Waals surface area (Å²) in [5.74, 6) is 0. The lowest BCUT2D eigenvalue weighted by Crippen LogP contribution is -2.30. The second-order valence-corrected chi connectivity index (χ2v) is 2.53. The van der Waals surface area contributed by atoms with Gasteiger partial charge >= 0.3 is 12.1 Å². The molecule has 6 heteroatoms. The topological polar surface area (TPSA) is 88.1 Å². The maximum atomic E-state index is 10.9. The van der Waals surface area contributed by atoms with Gasteiger partial charge in [-0.15, -0.1) is 0 Å². The molecule has 0 saturated heterocycles. The van der Waals surface area contributed by atoms with Gasteiger partial charge in [0, 0.05) is 13.1 Å². The van der Waals surface area contributed by atoms with Crippen molar-refractivity contribution < 1.29 is 9.59 Å². The van der Waals surface area contributed by atoms with Crippen molar-refractivity contribution in [2.24, 2.45) is 16.0 Å². The molecule has 0 aromatic heterocycles. The van der Waals surface area contributed by atoms with Crippen molar-refractivity contribution in [1.82, 2.24) is 4.90 Å². The molecule has 12 heavy (non-hydrogen) atoms. The Labute approximate surface area is 70.4 Å². The third kappa shape index (κ3) is 3.65. The number of rotatable bonds is 1. The van der Waals surface area contributed by atoms with Crippen LogP contribution < -0.4 is 5.73 Å². The Morgan fingerprint density at radius 3 is 2.17 bits per heavy atom. The molecule has 4 amide bonds. The van der Waals surface area contributed by atoms with Crippen LogP contribution in [0.4, 0.5) is 9.59 Å². The van der Waals surface area contributed by atoms with Crippen LogP contribution in [0.5, 0.6) is 0 Å². The van der Waals surface area contributed by atoms with Gasteiger partial charge < -0.3 is 10.6 Å². The van der Waals surface area contributed by atoms with E-state index in [9.17, 15) is 9.59 Å². The molecule has 0 aliphatic heterocycles. The van der Waals surface area contributed by atoms with E-state index in [2.05, 4.69) is 16.0 Å². The molecule has 0 saturated carbocycles. The number of amides is 4. The number of primary amides is 1. The summed E-state index contributed by atoms with van der Waals surface area (Å²) in [6.45, 7) is 3.63. The standard InChI is InChI=1S/C6H12N4O2/c1-4(2)10(3)6(12)9-8-5(7)11/h4H,1-3H3,(H2,7,11). The first-order valence-corrected chi connectivity index (χ1v) is 3.43. The summed E-state index contributed by atoms with van der Waals surface area (Å²) in [4.78, 5) is 22.4. The molecule has 0 bridgehead atoms. The number of nitrogens with zero attached hydrogens (tertiary/aromatic N) is 3. The van der Waals surface area contributed by atoms with Gasteiger partial charge in [0.05, 0.1) is 0 Å². The number of carbonyl (C=O) groups excluding carboxylic acids is 2. The maximum Gasteiger partial charge on any atom is 0.362 e. The predicted molar refractivity (Wildman–Crippen MR) is 42.7 cm³/mol. The number of azo groups is 1. The minimum absolute atomic E-state index is 0.0179. The van der Waals surface area contributed by atoms with E-state index in [0.717, 1.165) is 0 Å². The summed E-state index contributed by atoms with van der Waals surface area (Å²) in [5.41, 5.74) is 4.65. The maximum absolute atomic E-state index is 10.9. The van der Waals surface area contributed by atoms with E-state index in [0.29, 0.717) is 0 Å². The van der Waals surface area contributed by atoms with Crippen LogP contribution in [0.25, 0.3) is 0 Å². The van der Waals surface area contributed by atoms with Crippen LogP contribution in [0.15, 0.2) is 10.2 Å². The molecule has 0 spiro atoms. The molecule has 0 aliphatic rings. The molecule has 0 fully saturated rings. The quantitative estimate of drug-likeness (QED) is 0.597. The Bertz CT molecular complexity index is 212. The van der Waals surface area contributed by atoms with Crippen molar-refractivity contribution in [3.63, 3.8) is 0 Å².